The summed E-state index contributed by atoms with van der Waals surface area (Å²) in [5.41, 5.74) is 11.3. The van der Waals surface area contributed by atoms with Gasteiger partial charge in [-0.05, 0) is 92.0 Å². The fraction of sp³-hybridized carbons (Fsp3) is 0.306. The van der Waals surface area contributed by atoms with Gasteiger partial charge in [0.15, 0.2) is 0 Å². The van der Waals surface area contributed by atoms with Gasteiger partial charge in [-0.3, -0.25) is 19.9 Å². The van der Waals surface area contributed by atoms with Crippen molar-refractivity contribution in [2.45, 2.75) is 19.8 Å². The van der Waals surface area contributed by atoms with Crippen molar-refractivity contribution in [1.82, 2.24) is 19.6 Å². The van der Waals surface area contributed by atoms with E-state index in [1.165, 1.54) is 31.3 Å². The molecule has 3 aromatic carbocycles. The molecule has 3 N–H and O–H groups in total. The first-order chi connectivity index (χ1) is 23.1. The molecule has 48 heavy (non-hydrogen) atoms. The van der Waals surface area contributed by atoms with Crippen molar-refractivity contribution in [2.24, 2.45) is 13.0 Å². The van der Waals surface area contributed by atoms with Gasteiger partial charge in [0, 0.05) is 61.3 Å². The van der Waals surface area contributed by atoms with Crippen LogP contribution in [0.1, 0.15) is 36.5 Å². The molecular formula is C36H38FN7O4. The highest BCUT2D eigenvalue weighted by Crippen LogP contribution is 2.28. The number of likely N-dealkylation sites (tertiary alicyclic amines) is 1. The van der Waals surface area contributed by atoms with E-state index in [1.54, 1.807) is 23.1 Å². The van der Waals surface area contributed by atoms with E-state index in [0.29, 0.717) is 61.6 Å². The molecule has 0 spiro atoms. The molecule has 3 heterocycles. The van der Waals surface area contributed by atoms with Crippen LogP contribution in [0.5, 0.6) is 0 Å². The summed E-state index contributed by atoms with van der Waals surface area (Å²) in [4.78, 5) is 44.2. The lowest BCUT2D eigenvalue weighted by Gasteiger charge is -2.29. The van der Waals surface area contributed by atoms with E-state index >= 15 is 0 Å². The van der Waals surface area contributed by atoms with Gasteiger partial charge in [-0.25, -0.2) is 9.18 Å². The number of rotatable bonds is 9. The first kappa shape index (κ1) is 32.6. The van der Waals surface area contributed by atoms with Crippen LogP contribution in [0.4, 0.5) is 15.8 Å². The third kappa shape index (κ3) is 6.84. The summed E-state index contributed by atoms with van der Waals surface area (Å²) in [5.74, 6) is -0.874. The van der Waals surface area contributed by atoms with Gasteiger partial charge in [0.25, 0.3) is 0 Å². The third-order valence-electron chi connectivity index (χ3n) is 9.07. The van der Waals surface area contributed by atoms with Crippen LogP contribution in [0.15, 0.2) is 82.0 Å². The van der Waals surface area contributed by atoms with Crippen LogP contribution in [-0.4, -0.2) is 76.4 Å². The van der Waals surface area contributed by atoms with E-state index in [2.05, 4.69) is 11.2 Å². The molecule has 1 aromatic heterocycles. The number of anilines is 2. The summed E-state index contributed by atoms with van der Waals surface area (Å²) in [7, 11) is 1.54. The highest BCUT2D eigenvalue weighted by Gasteiger charge is 2.33. The quantitative estimate of drug-likeness (QED) is 0.204. The van der Waals surface area contributed by atoms with E-state index in [-0.39, 0.29) is 41.7 Å². The zero-order valence-electron chi connectivity index (χ0n) is 27.0. The zero-order valence-corrected chi connectivity index (χ0v) is 27.0. The van der Waals surface area contributed by atoms with E-state index < -0.39 is 5.76 Å². The van der Waals surface area contributed by atoms with Crippen molar-refractivity contribution in [3.05, 3.63) is 106 Å². The molecule has 0 saturated carbocycles. The molecule has 0 bridgehead atoms. The Morgan fingerprint density at radius 3 is 2.44 bits per heavy atom. The maximum Gasteiger partial charge on any atom is 0.437 e. The number of nitrogens with two attached hydrogens (primary N) is 1. The maximum absolute atomic E-state index is 13.7. The molecule has 0 aliphatic carbocycles. The zero-order chi connectivity index (χ0) is 33.9. The Labute approximate surface area is 277 Å². The Kier molecular flexibility index (Phi) is 9.35. The lowest BCUT2D eigenvalue weighted by Crippen LogP contribution is -2.42. The minimum Gasteiger partial charge on any atom is -0.398 e. The minimum atomic E-state index is -0.511. The Morgan fingerprint density at radius 2 is 1.79 bits per heavy atom. The van der Waals surface area contributed by atoms with Crippen LogP contribution in [0.2, 0.25) is 0 Å². The van der Waals surface area contributed by atoms with Gasteiger partial charge < -0.3 is 20.0 Å². The predicted molar refractivity (Wildman–Crippen MR) is 182 cm³/mol. The molecule has 6 rings (SSSR count). The standard InChI is InChI=1S/C36H38FN7O4/c1-3-44(29-12-13-31(38)30(20-29)33(39)25-8-10-28(37)11-9-25)35(46)27-14-17-42(21-27)22-32(45)43-18-15-24(16-19-43)23-4-6-26(7-5-23)34-40-41(2)36(47)48-34/h4-13,15,20,27,39H,3,14,16-19,21-22,38H2,1-2H3/t27-/m1/s1. The van der Waals surface area contributed by atoms with Crippen molar-refractivity contribution in [3.8, 4) is 11.5 Å². The van der Waals surface area contributed by atoms with Crippen molar-refractivity contribution < 1.29 is 18.4 Å². The molecule has 248 valence electrons. The second-order valence-electron chi connectivity index (χ2n) is 12.1. The minimum absolute atomic E-state index is 0.0294. The molecule has 1 fully saturated rings. The molecule has 11 nitrogen and oxygen atoms in total. The molecule has 1 saturated heterocycles. The van der Waals surface area contributed by atoms with Crippen molar-refractivity contribution in [1.29, 1.82) is 5.41 Å². The van der Waals surface area contributed by atoms with E-state index in [9.17, 15) is 18.8 Å². The van der Waals surface area contributed by atoms with Crippen LogP contribution >= 0.6 is 0 Å². The molecular weight excluding hydrogens is 613 g/mol. The maximum atomic E-state index is 13.7. The molecule has 0 radical (unpaired) electrons. The number of nitrogens with one attached hydrogen (secondary N) is 1. The van der Waals surface area contributed by atoms with E-state index in [4.69, 9.17) is 15.6 Å². The van der Waals surface area contributed by atoms with Crippen LogP contribution < -0.4 is 16.4 Å². The average molecular weight is 652 g/mol. The van der Waals surface area contributed by atoms with Gasteiger partial charge in [-0.1, -0.05) is 18.2 Å². The summed E-state index contributed by atoms with van der Waals surface area (Å²) in [6, 6.07) is 18.6. The smallest absolute Gasteiger partial charge is 0.398 e. The Bertz CT molecular complexity index is 1930. The fourth-order valence-electron chi connectivity index (χ4n) is 6.30. The number of aromatic nitrogens is 2. The van der Waals surface area contributed by atoms with E-state index in [0.717, 1.165) is 27.8 Å². The number of nitrogen functional groups attached to an aromatic ring is 1. The SMILES string of the molecule is CCN(C(=O)[C@@H]1CCN(CC(=O)N2CC=C(c3ccc(-c4nn(C)c(=O)o4)cc3)CC2)C1)c1ccc(N)c(C(=N)c2ccc(F)cc2)c1. The second kappa shape index (κ2) is 13.8. The number of aryl methyl sites for hydroxylation is 1. The van der Waals surface area contributed by atoms with Crippen LogP contribution in [0.3, 0.4) is 0 Å². The lowest BCUT2D eigenvalue weighted by molar-refractivity contribution is -0.132. The largest absolute Gasteiger partial charge is 0.437 e. The van der Waals surface area contributed by atoms with Crippen LogP contribution in [-0.2, 0) is 16.6 Å². The summed E-state index contributed by atoms with van der Waals surface area (Å²) in [6.45, 7) is 4.86. The van der Waals surface area contributed by atoms with Crippen molar-refractivity contribution in [2.75, 3.05) is 49.9 Å². The predicted octanol–water partition coefficient (Wildman–Crippen LogP) is 4.17. The van der Waals surface area contributed by atoms with Gasteiger partial charge in [0.05, 0.1) is 18.2 Å². The molecule has 4 aromatic rings. The number of nitrogens with zero attached hydrogens (tertiary/aromatic N) is 5. The number of hydrogen-bond donors (Lipinski definition) is 2. The topological polar surface area (TPSA) is 142 Å². The van der Waals surface area contributed by atoms with Crippen molar-refractivity contribution in [3.63, 3.8) is 0 Å². The first-order valence-electron chi connectivity index (χ1n) is 16.0. The summed E-state index contributed by atoms with van der Waals surface area (Å²) >= 11 is 0. The number of carbonyl (C=O) groups is 2. The number of benzene rings is 3. The van der Waals surface area contributed by atoms with Crippen LogP contribution in [0.25, 0.3) is 17.0 Å². The normalized spacial score (nSPS) is 16.5. The number of carbonyl (C=O) groups excluding carboxylic acids is 2. The molecule has 2 aliphatic rings. The number of amides is 2. The Hall–Kier alpha value is -5.36. The lowest BCUT2D eigenvalue weighted by atomic mass is 9.98. The monoisotopic (exact) mass is 651 g/mol. The molecule has 12 heteroatoms. The average Bonchev–Trinajstić information content (AvgIpc) is 3.71. The number of halogens is 1. The second-order valence-corrected chi connectivity index (χ2v) is 12.1. The van der Waals surface area contributed by atoms with Gasteiger partial charge in [-0.15, -0.1) is 5.10 Å². The Balaban J connectivity index is 1.04. The number of hydrogen-bond acceptors (Lipinski definition) is 8. The first-order valence-corrected chi connectivity index (χ1v) is 16.0. The third-order valence-corrected chi connectivity index (χ3v) is 9.07. The van der Waals surface area contributed by atoms with Gasteiger partial charge in [0.2, 0.25) is 17.7 Å². The Morgan fingerprint density at radius 1 is 1.06 bits per heavy atom. The highest BCUT2D eigenvalue weighted by atomic mass is 19.1. The van der Waals surface area contributed by atoms with Gasteiger partial charge in [0.1, 0.15) is 5.82 Å². The molecule has 1 atom stereocenters. The summed E-state index contributed by atoms with van der Waals surface area (Å²) in [5, 5.41) is 12.8. The summed E-state index contributed by atoms with van der Waals surface area (Å²) in [6.07, 6.45) is 3.44. The molecule has 2 aliphatic heterocycles. The molecule has 2 amide bonds. The highest BCUT2D eigenvalue weighted by molar-refractivity contribution is 6.14. The van der Waals surface area contributed by atoms with Gasteiger partial charge in [-0.2, -0.15) is 4.68 Å². The summed E-state index contributed by atoms with van der Waals surface area (Å²) < 4.78 is 19.8. The van der Waals surface area contributed by atoms with Crippen LogP contribution in [0, 0.1) is 17.1 Å². The fourth-order valence-corrected chi connectivity index (χ4v) is 6.30. The molecule has 0 unspecified atom stereocenters. The van der Waals surface area contributed by atoms with Crippen molar-refractivity contribution >= 4 is 34.5 Å². The van der Waals surface area contributed by atoms with E-state index in [1.807, 2.05) is 41.0 Å². The van der Waals surface area contributed by atoms with Gasteiger partial charge >= 0.3 is 5.76 Å².